The molecule has 0 radical (unpaired) electrons. The number of ether oxygens (including phenoxy) is 2. The first-order valence-corrected chi connectivity index (χ1v) is 11.0. The van der Waals surface area contributed by atoms with Gasteiger partial charge in [0, 0.05) is 28.4 Å². The minimum atomic E-state index is -0.166. The van der Waals surface area contributed by atoms with Crippen LogP contribution < -0.4 is 25.4 Å². The van der Waals surface area contributed by atoms with Crippen molar-refractivity contribution in [3.05, 3.63) is 64.8 Å². The molecule has 2 aliphatic heterocycles. The number of nitrogen functional groups attached to an aromatic ring is 1. The van der Waals surface area contributed by atoms with Crippen LogP contribution in [0.2, 0.25) is 5.15 Å². The average molecular weight is 466 g/mol. The van der Waals surface area contributed by atoms with Gasteiger partial charge in [-0.25, -0.2) is 4.98 Å². The zero-order valence-electron chi connectivity index (χ0n) is 16.5. The number of halogens is 1. The van der Waals surface area contributed by atoms with Crippen molar-refractivity contribution >= 4 is 45.4 Å². The summed E-state index contributed by atoms with van der Waals surface area (Å²) in [7, 11) is 0. The summed E-state index contributed by atoms with van der Waals surface area (Å²) in [4.78, 5) is 19.5. The van der Waals surface area contributed by atoms with Gasteiger partial charge in [0.1, 0.15) is 10.8 Å². The molecular formula is C22H16ClN5O3S. The SMILES string of the molecule is Nc1nc(-c2ccc(-n3c(Cl)cc4c3C(=O)N(c3ccc5c(c3)OCO5)CN4)cc2)cs1. The summed E-state index contributed by atoms with van der Waals surface area (Å²) in [5.74, 6) is 1.12. The van der Waals surface area contributed by atoms with Crippen LogP contribution in [0, 0.1) is 0 Å². The smallest absolute Gasteiger partial charge is 0.278 e. The zero-order valence-corrected chi connectivity index (χ0v) is 18.1. The quantitative estimate of drug-likeness (QED) is 0.459. The number of nitrogens with two attached hydrogens (primary N) is 1. The van der Waals surface area contributed by atoms with Crippen LogP contribution in [-0.2, 0) is 0 Å². The summed E-state index contributed by atoms with van der Waals surface area (Å²) in [6, 6.07) is 14.9. The van der Waals surface area contributed by atoms with Crippen LogP contribution in [-0.4, -0.2) is 28.9 Å². The summed E-state index contributed by atoms with van der Waals surface area (Å²) in [6.07, 6.45) is 0. The monoisotopic (exact) mass is 465 g/mol. The van der Waals surface area contributed by atoms with Crippen LogP contribution in [0.25, 0.3) is 16.9 Å². The maximum Gasteiger partial charge on any atom is 0.278 e. The van der Waals surface area contributed by atoms with Crippen molar-refractivity contribution in [2.75, 3.05) is 29.4 Å². The van der Waals surface area contributed by atoms with Crippen LogP contribution in [0.4, 0.5) is 16.5 Å². The number of anilines is 3. The first kappa shape index (κ1) is 19.0. The number of nitrogens with zero attached hydrogens (tertiary/aromatic N) is 3. The Morgan fingerprint density at radius 1 is 1.06 bits per heavy atom. The molecule has 4 aromatic rings. The van der Waals surface area contributed by atoms with E-state index in [1.165, 1.54) is 11.3 Å². The molecule has 10 heteroatoms. The molecule has 6 rings (SSSR count). The Kier molecular flexibility index (Phi) is 4.27. The van der Waals surface area contributed by atoms with Crippen molar-refractivity contribution in [1.29, 1.82) is 0 Å². The highest BCUT2D eigenvalue weighted by Crippen LogP contribution is 2.39. The van der Waals surface area contributed by atoms with Crippen molar-refractivity contribution in [3.8, 4) is 28.4 Å². The number of hydrogen-bond donors (Lipinski definition) is 2. The van der Waals surface area contributed by atoms with E-state index in [1.807, 2.05) is 35.7 Å². The van der Waals surface area contributed by atoms with Gasteiger partial charge in [-0.1, -0.05) is 23.7 Å². The van der Waals surface area contributed by atoms with Gasteiger partial charge in [-0.3, -0.25) is 14.3 Å². The first-order valence-electron chi connectivity index (χ1n) is 9.77. The molecule has 160 valence electrons. The topological polar surface area (TPSA) is 94.6 Å². The van der Waals surface area contributed by atoms with E-state index < -0.39 is 0 Å². The third-order valence-corrected chi connectivity index (χ3v) is 6.39. The van der Waals surface area contributed by atoms with E-state index in [4.69, 9.17) is 26.8 Å². The van der Waals surface area contributed by atoms with E-state index >= 15 is 0 Å². The third-order valence-electron chi connectivity index (χ3n) is 5.44. The Balaban J connectivity index is 1.37. The van der Waals surface area contributed by atoms with E-state index in [-0.39, 0.29) is 12.7 Å². The predicted molar refractivity (Wildman–Crippen MR) is 124 cm³/mol. The lowest BCUT2D eigenvalue weighted by Crippen LogP contribution is -2.40. The zero-order chi connectivity index (χ0) is 21.8. The highest BCUT2D eigenvalue weighted by molar-refractivity contribution is 7.13. The second kappa shape index (κ2) is 7.18. The van der Waals surface area contributed by atoms with Crippen molar-refractivity contribution in [3.63, 3.8) is 0 Å². The molecule has 0 saturated heterocycles. The Bertz CT molecular complexity index is 1360. The number of benzene rings is 2. The largest absolute Gasteiger partial charge is 0.454 e. The highest BCUT2D eigenvalue weighted by atomic mass is 35.5. The van der Waals surface area contributed by atoms with Crippen LogP contribution in [0.5, 0.6) is 11.5 Å². The molecule has 2 aromatic carbocycles. The van der Waals surface area contributed by atoms with Gasteiger partial charge in [0.05, 0.1) is 18.1 Å². The number of carbonyl (C=O) groups is 1. The summed E-state index contributed by atoms with van der Waals surface area (Å²) >= 11 is 7.95. The number of carbonyl (C=O) groups excluding carboxylic acids is 1. The van der Waals surface area contributed by atoms with E-state index in [0.717, 1.165) is 16.9 Å². The Morgan fingerprint density at radius 2 is 1.84 bits per heavy atom. The third kappa shape index (κ3) is 2.97. The van der Waals surface area contributed by atoms with Crippen LogP contribution >= 0.6 is 22.9 Å². The van der Waals surface area contributed by atoms with Crippen molar-refractivity contribution < 1.29 is 14.3 Å². The fourth-order valence-electron chi connectivity index (χ4n) is 3.90. The number of thiazole rings is 1. The van der Waals surface area contributed by atoms with Crippen LogP contribution in [0.1, 0.15) is 10.5 Å². The van der Waals surface area contributed by atoms with Gasteiger partial charge in [-0.05, 0) is 30.3 Å². The summed E-state index contributed by atoms with van der Waals surface area (Å²) in [5, 5.41) is 6.15. The Morgan fingerprint density at radius 3 is 2.62 bits per heavy atom. The number of amides is 1. The minimum absolute atomic E-state index is 0.166. The molecule has 0 bridgehead atoms. The molecule has 0 spiro atoms. The van der Waals surface area contributed by atoms with Gasteiger partial charge in [-0.2, -0.15) is 0 Å². The second-order valence-corrected chi connectivity index (χ2v) is 8.57. The predicted octanol–water partition coefficient (Wildman–Crippen LogP) is 4.59. The molecule has 32 heavy (non-hydrogen) atoms. The summed E-state index contributed by atoms with van der Waals surface area (Å²) < 4.78 is 12.6. The van der Waals surface area contributed by atoms with Crippen molar-refractivity contribution in [2.24, 2.45) is 0 Å². The number of aromatic nitrogens is 2. The molecule has 1 amide bonds. The molecule has 0 unspecified atom stereocenters. The second-order valence-electron chi connectivity index (χ2n) is 7.29. The molecular weight excluding hydrogens is 450 g/mol. The highest BCUT2D eigenvalue weighted by Gasteiger charge is 2.32. The van der Waals surface area contributed by atoms with Gasteiger partial charge in [0.2, 0.25) is 6.79 Å². The summed E-state index contributed by atoms with van der Waals surface area (Å²) in [6.45, 7) is 0.493. The molecule has 8 nitrogen and oxygen atoms in total. The fraction of sp³-hybridized carbons (Fsp3) is 0.0909. The molecule has 0 aliphatic carbocycles. The number of fused-ring (bicyclic) bond motifs is 2. The molecule has 3 N–H and O–H groups in total. The lowest BCUT2D eigenvalue weighted by atomic mass is 10.1. The molecule has 4 heterocycles. The fourth-order valence-corrected chi connectivity index (χ4v) is 4.77. The van der Waals surface area contributed by atoms with Gasteiger partial charge in [0.25, 0.3) is 5.91 Å². The van der Waals surface area contributed by atoms with Gasteiger partial charge in [-0.15, -0.1) is 11.3 Å². The average Bonchev–Trinajstić information content (AvgIpc) is 3.52. The first-order chi connectivity index (χ1) is 15.6. The van der Waals surface area contributed by atoms with Crippen molar-refractivity contribution in [2.45, 2.75) is 0 Å². The lowest BCUT2D eigenvalue weighted by molar-refractivity contribution is 0.0979. The number of nitrogens with one attached hydrogen (secondary N) is 1. The summed E-state index contributed by atoms with van der Waals surface area (Å²) in [5.41, 5.74) is 10.1. The molecule has 0 saturated carbocycles. The maximum atomic E-state index is 13.5. The van der Waals surface area contributed by atoms with Crippen molar-refractivity contribution in [1.82, 2.24) is 9.55 Å². The molecule has 2 aromatic heterocycles. The van der Waals surface area contributed by atoms with Gasteiger partial charge < -0.3 is 20.5 Å². The van der Waals surface area contributed by atoms with Gasteiger partial charge in [0.15, 0.2) is 16.6 Å². The van der Waals surface area contributed by atoms with Crippen LogP contribution in [0.15, 0.2) is 53.9 Å². The van der Waals surface area contributed by atoms with E-state index in [2.05, 4.69) is 10.3 Å². The standard InChI is InChI=1S/C22H16ClN5O3S/c23-19-8-15-20(28(19)13-3-1-12(2-4-13)16-9-32-22(24)26-16)21(29)27(10-25-15)14-5-6-17-18(7-14)31-11-30-17/h1-9,25H,10-11H2,(H2,24,26). The molecule has 0 fully saturated rings. The number of rotatable bonds is 3. The normalized spacial score (nSPS) is 14.4. The molecule has 0 atom stereocenters. The van der Waals surface area contributed by atoms with E-state index in [0.29, 0.717) is 45.5 Å². The molecule has 2 aliphatic rings. The van der Waals surface area contributed by atoms with Gasteiger partial charge >= 0.3 is 0 Å². The Hall–Kier alpha value is -3.69. The Labute approximate surface area is 191 Å². The lowest BCUT2D eigenvalue weighted by Gasteiger charge is -2.29. The number of hydrogen-bond acceptors (Lipinski definition) is 7. The maximum absolute atomic E-state index is 13.5. The van der Waals surface area contributed by atoms with E-state index in [1.54, 1.807) is 27.7 Å². The van der Waals surface area contributed by atoms with E-state index in [9.17, 15) is 4.79 Å². The van der Waals surface area contributed by atoms with Crippen LogP contribution in [0.3, 0.4) is 0 Å². The minimum Gasteiger partial charge on any atom is -0.454 e.